The number of aromatic nitrogens is 1. The van der Waals surface area contributed by atoms with Gasteiger partial charge in [-0.2, -0.15) is 5.10 Å². The van der Waals surface area contributed by atoms with Crippen LogP contribution in [0, 0.1) is 0 Å². The number of nitrogens with zero attached hydrogens (tertiary/aromatic N) is 3. The zero-order valence-corrected chi connectivity index (χ0v) is 20.2. The van der Waals surface area contributed by atoms with Crippen molar-refractivity contribution in [1.29, 1.82) is 0 Å². The van der Waals surface area contributed by atoms with Crippen LogP contribution in [-0.2, 0) is 16.1 Å². The summed E-state index contributed by atoms with van der Waals surface area (Å²) in [6.07, 6.45) is 1.71. The summed E-state index contributed by atoms with van der Waals surface area (Å²) in [5.41, 5.74) is 4.66. The van der Waals surface area contributed by atoms with Crippen LogP contribution < -0.4 is 14.9 Å². The van der Waals surface area contributed by atoms with Crippen molar-refractivity contribution in [3.8, 4) is 17.0 Å². The molecular weight excluding hydrogens is 476 g/mol. The highest BCUT2D eigenvalue weighted by Gasteiger charge is 2.18. The summed E-state index contributed by atoms with van der Waals surface area (Å²) in [5, 5.41) is 9.55. The van der Waals surface area contributed by atoms with E-state index in [0.717, 1.165) is 22.4 Å². The van der Waals surface area contributed by atoms with Gasteiger partial charge >= 0.3 is 5.97 Å². The van der Waals surface area contributed by atoms with Crippen molar-refractivity contribution < 1.29 is 19.1 Å². The molecule has 0 bridgehead atoms. The minimum atomic E-state index is -0.390. The molecule has 1 aliphatic heterocycles. The first-order valence-corrected chi connectivity index (χ1v) is 12.0. The average Bonchev–Trinajstić information content (AvgIpc) is 3.33. The Labute approximate surface area is 211 Å². The number of amides is 1. The lowest BCUT2D eigenvalue weighted by Crippen LogP contribution is -2.25. The Morgan fingerprint density at radius 3 is 2.72 bits per heavy atom. The summed E-state index contributed by atoms with van der Waals surface area (Å²) < 4.78 is 12.0. The van der Waals surface area contributed by atoms with Crippen LogP contribution in [0.15, 0.2) is 88.3 Å². The number of hydrogen-bond donors (Lipinski definition) is 1. The molecule has 1 amide bonds. The number of thiazole rings is 1. The Kier molecular flexibility index (Phi) is 6.72. The van der Waals surface area contributed by atoms with E-state index >= 15 is 0 Å². The number of carbonyl (C=O) groups excluding carboxylic acids is 2. The van der Waals surface area contributed by atoms with Gasteiger partial charge in [0.05, 0.1) is 36.8 Å². The number of ether oxygens (including phenoxy) is 2. The van der Waals surface area contributed by atoms with Crippen LogP contribution in [0.1, 0.15) is 21.5 Å². The molecule has 2 heterocycles. The zero-order chi connectivity index (χ0) is 24.9. The van der Waals surface area contributed by atoms with E-state index < -0.39 is 5.97 Å². The molecule has 36 heavy (non-hydrogen) atoms. The molecule has 3 aromatic carbocycles. The van der Waals surface area contributed by atoms with Crippen molar-refractivity contribution in [2.45, 2.75) is 6.54 Å². The molecule has 4 aromatic rings. The Hall–Kier alpha value is -4.50. The first kappa shape index (κ1) is 23.3. The Balaban J connectivity index is 1.53. The van der Waals surface area contributed by atoms with E-state index in [1.807, 2.05) is 53.9 Å². The second-order valence-corrected chi connectivity index (χ2v) is 8.76. The quantitative estimate of drug-likeness (QED) is 0.317. The number of nitrogens with one attached hydrogen (secondary N) is 1. The number of esters is 1. The van der Waals surface area contributed by atoms with Gasteiger partial charge in [-0.15, -0.1) is 11.3 Å². The van der Waals surface area contributed by atoms with Gasteiger partial charge in [0.15, 0.2) is 6.61 Å². The molecule has 1 N–H and O–H groups in total. The van der Waals surface area contributed by atoms with Crippen molar-refractivity contribution in [3.63, 3.8) is 0 Å². The van der Waals surface area contributed by atoms with E-state index in [4.69, 9.17) is 19.6 Å². The highest BCUT2D eigenvalue weighted by Crippen LogP contribution is 2.32. The largest absolute Gasteiger partial charge is 0.482 e. The first-order chi connectivity index (χ1) is 17.6. The summed E-state index contributed by atoms with van der Waals surface area (Å²) in [7, 11) is 1.35. The van der Waals surface area contributed by atoms with Gasteiger partial charge in [0.1, 0.15) is 5.75 Å². The molecule has 0 saturated carbocycles. The van der Waals surface area contributed by atoms with Crippen LogP contribution in [0.2, 0.25) is 0 Å². The van der Waals surface area contributed by atoms with Gasteiger partial charge in [0.25, 0.3) is 5.91 Å². The van der Waals surface area contributed by atoms with Crippen LogP contribution in [0.3, 0.4) is 0 Å². The molecule has 1 aliphatic rings. The molecule has 0 unspecified atom stereocenters. The number of carbonyl (C=O) groups is 2. The molecule has 0 radical (unpaired) electrons. The lowest BCUT2D eigenvalue weighted by Gasteiger charge is -2.18. The molecule has 1 aromatic heterocycles. The molecule has 0 saturated heterocycles. The third-order valence-corrected chi connectivity index (χ3v) is 6.34. The van der Waals surface area contributed by atoms with Crippen molar-refractivity contribution in [2.75, 3.05) is 19.0 Å². The van der Waals surface area contributed by atoms with Crippen molar-refractivity contribution in [3.05, 3.63) is 99.7 Å². The fourth-order valence-corrected chi connectivity index (χ4v) is 4.49. The number of fused-ring (bicyclic) bond motifs is 1. The van der Waals surface area contributed by atoms with E-state index in [-0.39, 0.29) is 12.5 Å². The highest BCUT2D eigenvalue weighted by molar-refractivity contribution is 7.07. The average molecular weight is 499 g/mol. The van der Waals surface area contributed by atoms with Crippen LogP contribution >= 0.6 is 11.3 Å². The Bertz CT molecular complexity index is 1510. The smallest absolute Gasteiger partial charge is 0.337 e. The van der Waals surface area contributed by atoms with Gasteiger partial charge in [0, 0.05) is 10.9 Å². The van der Waals surface area contributed by atoms with Crippen LogP contribution in [-0.4, -0.2) is 36.5 Å². The van der Waals surface area contributed by atoms with Crippen molar-refractivity contribution in [1.82, 2.24) is 4.68 Å². The van der Waals surface area contributed by atoms with Crippen LogP contribution in [0.4, 0.5) is 5.69 Å². The second kappa shape index (κ2) is 10.4. The van der Waals surface area contributed by atoms with Crippen LogP contribution in [0.5, 0.6) is 5.75 Å². The number of methoxy groups -OCH3 is 1. The van der Waals surface area contributed by atoms with Gasteiger partial charge in [-0.05, 0) is 41.5 Å². The van der Waals surface area contributed by atoms with E-state index in [9.17, 15) is 9.59 Å². The van der Waals surface area contributed by atoms with E-state index in [1.165, 1.54) is 18.4 Å². The first-order valence-electron chi connectivity index (χ1n) is 11.2. The molecule has 180 valence electrons. The van der Waals surface area contributed by atoms with Gasteiger partial charge in [0.2, 0.25) is 4.80 Å². The summed E-state index contributed by atoms with van der Waals surface area (Å²) in [6, 6.07) is 22.6. The molecule has 0 spiro atoms. The minimum Gasteiger partial charge on any atom is -0.482 e. The fourth-order valence-electron chi connectivity index (χ4n) is 3.65. The monoisotopic (exact) mass is 498 g/mol. The van der Waals surface area contributed by atoms with Gasteiger partial charge in [-0.3, -0.25) is 9.79 Å². The summed E-state index contributed by atoms with van der Waals surface area (Å²) >= 11 is 1.48. The summed E-state index contributed by atoms with van der Waals surface area (Å²) in [4.78, 5) is 29.0. The van der Waals surface area contributed by atoms with Crippen LogP contribution in [0.25, 0.3) is 11.3 Å². The fraction of sp³-hybridized carbons (Fsp3) is 0.111. The lowest BCUT2D eigenvalue weighted by molar-refractivity contribution is -0.118. The van der Waals surface area contributed by atoms with E-state index in [1.54, 1.807) is 35.2 Å². The normalized spacial score (nSPS) is 13.2. The predicted molar refractivity (Wildman–Crippen MR) is 138 cm³/mol. The summed E-state index contributed by atoms with van der Waals surface area (Å²) in [5.74, 6) is 0.0478. The van der Waals surface area contributed by atoms with Gasteiger partial charge in [-0.1, -0.05) is 42.5 Å². The topological polar surface area (TPSA) is 94.3 Å². The molecule has 8 nitrogen and oxygen atoms in total. The Morgan fingerprint density at radius 2 is 1.94 bits per heavy atom. The SMILES string of the molecule is COC(=O)c1ccc(C=Nn2c(-c3ccc4c(c3)NC(=O)CO4)csc2=NCc2ccccc2)cc1. The van der Waals surface area contributed by atoms with Gasteiger partial charge < -0.3 is 14.8 Å². The molecule has 0 atom stereocenters. The molecular formula is C27H22N4O4S. The highest BCUT2D eigenvalue weighted by atomic mass is 32.1. The third kappa shape index (κ3) is 5.11. The molecule has 0 aliphatic carbocycles. The lowest BCUT2D eigenvalue weighted by atomic mass is 10.1. The number of hydrogen-bond acceptors (Lipinski definition) is 7. The van der Waals surface area contributed by atoms with Crippen molar-refractivity contribution >= 4 is 35.1 Å². The minimum absolute atomic E-state index is 0.00632. The van der Waals surface area contributed by atoms with Crippen molar-refractivity contribution in [2.24, 2.45) is 10.1 Å². The predicted octanol–water partition coefficient (Wildman–Crippen LogP) is 4.32. The third-order valence-electron chi connectivity index (χ3n) is 5.49. The van der Waals surface area contributed by atoms with E-state index in [0.29, 0.717) is 28.3 Å². The molecule has 9 heteroatoms. The van der Waals surface area contributed by atoms with Gasteiger partial charge in [-0.25, -0.2) is 9.47 Å². The maximum atomic E-state index is 11.8. The number of anilines is 1. The molecule has 0 fully saturated rings. The molecule has 5 rings (SSSR count). The zero-order valence-electron chi connectivity index (χ0n) is 19.4. The summed E-state index contributed by atoms with van der Waals surface area (Å²) in [6.45, 7) is 0.518. The maximum absolute atomic E-state index is 11.8. The Morgan fingerprint density at radius 1 is 1.14 bits per heavy atom. The van der Waals surface area contributed by atoms with E-state index in [2.05, 4.69) is 5.32 Å². The number of rotatable bonds is 6. The number of benzene rings is 3. The maximum Gasteiger partial charge on any atom is 0.337 e. The standard InChI is InChI=1S/C27H22N4O4S/c1-34-26(33)20-9-7-19(8-10-20)15-29-31-23(17-36-27(31)28-14-18-5-3-2-4-6-18)21-11-12-24-22(13-21)30-25(32)16-35-24/h2-13,15,17H,14,16H2,1H3,(H,30,32). The second-order valence-electron chi connectivity index (χ2n) is 7.92.